The highest BCUT2D eigenvalue weighted by atomic mass is 32.1. The number of para-hydroxylation sites is 1. The lowest BCUT2D eigenvalue weighted by atomic mass is 9.91. The number of imide groups is 1. The Bertz CT molecular complexity index is 1230. The number of likely N-dealkylation sites (tertiary alicyclic amines) is 1. The number of carbonyl (C=O) groups excluding carboxylic acids is 2. The molecule has 9 heteroatoms. The van der Waals surface area contributed by atoms with Crippen molar-refractivity contribution in [3.63, 3.8) is 0 Å². The molecule has 1 N–H and O–H groups in total. The van der Waals surface area contributed by atoms with Gasteiger partial charge in [-0.15, -0.1) is 11.3 Å². The Kier molecular flexibility index (Phi) is 4.77. The predicted octanol–water partition coefficient (Wildman–Crippen LogP) is 3.63. The molecule has 6 rings (SSSR count). The average Bonchev–Trinajstić information content (AvgIpc) is 3.52. The van der Waals surface area contributed by atoms with Gasteiger partial charge in [0, 0.05) is 12.5 Å². The van der Waals surface area contributed by atoms with Crippen molar-refractivity contribution in [2.24, 2.45) is 0 Å². The third-order valence-electron chi connectivity index (χ3n) is 6.73. The Morgan fingerprint density at radius 2 is 2.03 bits per heavy atom. The molecule has 0 unspecified atom stereocenters. The van der Waals surface area contributed by atoms with Crippen LogP contribution in [0, 0.1) is 0 Å². The summed E-state index contributed by atoms with van der Waals surface area (Å²) in [5.74, 6) is 1.28. The van der Waals surface area contributed by atoms with Crippen LogP contribution in [0.2, 0.25) is 0 Å². The van der Waals surface area contributed by atoms with E-state index in [0.717, 1.165) is 36.5 Å². The minimum atomic E-state index is -1.14. The molecule has 1 aromatic heterocycles. The number of benzene rings is 2. The van der Waals surface area contributed by atoms with Crippen LogP contribution in [-0.4, -0.2) is 53.3 Å². The summed E-state index contributed by atoms with van der Waals surface area (Å²) in [5, 5.41) is 4.02. The summed E-state index contributed by atoms with van der Waals surface area (Å²) in [7, 11) is 0. The molecule has 3 aliphatic heterocycles. The number of rotatable bonds is 4. The predicted molar refractivity (Wildman–Crippen MR) is 123 cm³/mol. The molecule has 3 aliphatic rings. The number of fused-ring (bicyclic) bond motifs is 2. The van der Waals surface area contributed by atoms with Crippen molar-refractivity contribution in [3.05, 3.63) is 53.0 Å². The molecular formula is C24H24N4O4S. The van der Waals surface area contributed by atoms with Gasteiger partial charge in [0.15, 0.2) is 11.5 Å². The Labute approximate surface area is 195 Å². The fraction of sp³-hybridized carbons (Fsp3) is 0.375. The lowest BCUT2D eigenvalue weighted by Gasteiger charge is -2.33. The monoisotopic (exact) mass is 464 g/mol. The number of carbonyl (C=O) groups is 2. The second kappa shape index (κ2) is 7.71. The smallest absolute Gasteiger partial charge is 0.326 e. The van der Waals surface area contributed by atoms with E-state index >= 15 is 0 Å². The van der Waals surface area contributed by atoms with E-state index in [2.05, 4.69) is 16.3 Å². The fourth-order valence-electron chi connectivity index (χ4n) is 4.88. The second-order valence-electron chi connectivity index (χ2n) is 8.93. The molecule has 2 fully saturated rings. The molecule has 8 nitrogen and oxygen atoms in total. The van der Waals surface area contributed by atoms with Crippen LogP contribution in [-0.2, 0) is 10.3 Å². The van der Waals surface area contributed by atoms with Crippen molar-refractivity contribution < 1.29 is 19.1 Å². The molecule has 4 heterocycles. The highest BCUT2D eigenvalue weighted by Gasteiger charge is 2.50. The van der Waals surface area contributed by atoms with Gasteiger partial charge >= 0.3 is 6.03 Å². The van der Waals surface area contributed by atoms with E-state index in [1.807, 2.05) is 18.2 Å². The first-order valence-electron chi connectivity index (χ1n) is 11.1. The quantitative estimate of drug-likeness (QED) is 0.594. The minimum absolute atomic E-state index is 0.159. The van der Waals surface area contributed by atoms with Gasteiger partial charge in [0.25, 0.3) is 5.91 Å². The highest BCUT2D eigenvalue weighted by Crippen LogP contribution is 2.38. The Balaban J connectivity index is 1.19. The average molecular weight is 465 g/mol. The van der Waals surface area contributed by atoms with Crippen molar-refractivity contribution >= 4 is 33.5 Å². The Hall–Kier alpha value is -3.17. The molecule has 170 valence electrons. The molecular weight excluding hydrogens is 440 g/mol. The summed E-state index contributed by atoms with van der Waals surface area (Å²) in [6.07, 6.45) is 2.06. The number of hydrogen-bond donors (Lipinski definition) is 1. The maximum Gasteiger partial charge on any atom is 0.326 e. The summed E-state index contributed by atoms with van der Waals surface area (Å²) in [4.78, 5) is 34.6. The van der Waals surface area contributed by atoms with Crippen molar-refractivity contribution in [1.29, 1.82) is 0 Å². The van der Waals surface area contributed by atoms with Crippen molar-refractivity contribution in [3.8, 4) is 11.5 Å². The van der Waals surface area contributed by atoms with Crippen LogP contribution < -0.4 is 14.8 Å². The number of hydrogen-bond acceptors (Lipinski definition) is 7. The first-order chi connectivity index (χ1) is 16.0. The van der Waals surface area contributed by atoms with Gasteiger partial charge < -0.3 is 14.8 Å². The molecule has 0 aliphatic carbocycles. The molecule has 0 saturated carbocycles. The van der Waals surface area contributed by atoms with Crippen molar-refractivity contribution in [1.82, 2.24) is 20.1 Å². The molecule has 3 amide bonds. The van der Waals surface area contributed by atoms with Gasteiger partial charge in [-0.25, -0.2) is 14.7 Å². The first kappa shape index (κ1) is 20.4. The summed E-state index contributed by atoms with van der Waals surface area (Å²) < 4.78 is 12.0. The SMILES string of the molecule is C[C@@]1(c2ccc3c(c2)OCO3)NC(=O)N(CN2CCC[C@@H](c3nc4ccccc4s3)C2)C1=O. The zero-order chi connectivity index (χ0) is 22.6. The third kappa shape index (κ3) is 3.43. The van der Waals surface area contributed by atoms with Crippen LogP contribution in [0.25, 0.3) is 10.2 Å². The van der Waals surface area contributed by atoms with Crippen LogP contribution in [0.3, 0.4) is 0 Å². The highest BCUT2D eigenvalue weighted by molar-refractivity contribution is 7.18. The lowest BCUT2D eigenvalue weighted by molar-refractivity contribution is -0.132. The summed E-state index contributed by atoms with van der Waals surface area (Å²) in [6, 6.07) is 13.2. The third-order valence-corrected chi connectivity index (χ3v) is 7.93. The molecule has 3 aromatic rings. The lowest BCUT2D eigenvalue weighted by Crippen LogP contribution is -2.46. The number of aromatic nitrogens is 1. The molecule has 0 radical (unpaired) electrons. The van der Waals surface area contributed by atoms with Crippen molar-refractivity contribution in [2.75, 3.05) is 26.6 Å². The number of piperidine rings is 1. The number of urea groups is 1. The number of nitrogens with one attached hydrogen (secondary N) is 1. The maximum atomic E-state index is 13.4. The Morgan fingerprint density at radius 3 is 2.91 bits per heavy atom. The van der Waals surface area contributed by atoms with Crippen LogP contribution in [0.1, 0.15) is 36.3 Å². The number of ether oxygens (including phenoxy) is 2. The fourth-order valence-corrected chi connectivity index (χ4v) is 5.97. The number of thiazole rings is 1. The van der Waals surface area contributed by atoms with Gasteiger partial charge in [0.05, 0.1) is 21.9 Å². The van der Waals surface area contributed by atoms with E-state index in [-0.39, 0.29) is 25.4 Å². The van der Waals surface area contributed by atoms with Crippen LogP contribution in [0.15, 0.2) is 42.5 Å². The van der Waals surface area contributed by atoms with Crippen molar-refractivity contribution in [2.45, 2.75) is 31.2 Å². The van der Waals surface area contributed by atoms with Crippen LogP contribution >= 0.6 is 11.3 Å². The first-order valence-corrected chi connectivity index (χ1v) is 11.9. The van der Waals surface area contributed by atoms with Crippen LogP contribution in [0.5, 0.6) is 11.5 Å². The topological polar surface area (TPSA) is 84.0 Å². The van der Waals surface area contributed by atoms with Gasteiger partial charge in [0.2, 0.25) is 6.79 Å². The largest absolute Gasteiger partial charge is 0.454 e. The van der Waals surface area contributed by atoms with Gasteiger partial charge in [-0.2, -0.15) is 0 Å². The zero-order valence-corrected chi connectivity index (χ0v) is 19.1. The molecule has 0 spiro atoms. The number of nitrogens with zero attached hydrogens (tertiary/aromatic N) is 3. The molecule has 33 heavy (non-hydrogen) atoms. The van der Waals surface area contributed by atoms with E-state index in [4.69, 9.17) is 14.5 Å². The van der Waals surface area contributed by atoms with Gasteiger partial charge in [-0.1, -0.05) is 18.2 Å². The summed E-state index contributed by atoms with van der Waals surface area (Å²) >= 11 is 1.74. The Morgan fingerprint density at radius 1 is 1.18 bits per heavy atom. The second-order valence-corrected chi connectivity index (χ2v) is 10.00. The van der Waals surface area contributed by atoms with E-state index in [9.17, 15) is 9.59 Å². The standard InChI is InChI=1S/C24H24N4O4S/c1-24(16-8-9-18-19(11-16)32-14-31-18)22(29)28(23(30)26-24)13-27-10-4-5-15(12-27)21-25-17-6-2-3-7-20(17)33-21/h2-3,6-9,11,15H,4-5,10,12-14H2,1H3,(H,26,30)/t15-,24+/m1/s1. The molecule has 0 bridgehead atoms. The normalized spacial score (nSPS) is 25.1. The minimum Gasteiger partial charge on any atom is -0.454 e. The molecule has 2 saturated heterocycles. The van der Waals surface area contributed by atoms with Gasteiger partial charge in [-0.3, -0.25) is 9.69 Å². The number of amides is 3. The van der Waals surface area contributed by atoms with E-state index in [1.165, 1.54) is 9.60 Å². The van der Waals surface area contributed by atoms with E-state index < -0.39 is 5.54 Å². The summed E-state index contributed by atoms with van der Waals surface area (Å²) in [5.41, 5.74) is 0.571. The zero-order valence-electron chi connectivity index (χ0n) is 18.2. The van der Waals surface area contributed by atoms with E-state index in [1.54, 1.807) is 36.5 Å². The maximum absolute atomic E-state index is 13.4. The van der Waals surface area contributed by atoms with Gasteiger partial charge in [-0.05, 0) is 56.1 Å². The molecule has 2 atom stereocenters. The molecule has 2 aromatic carbocycles. The van der Waals surface area contributed by atoms with Gasteiger partial charge in [0.1, 0.15) is 5.54 Å². The summed E-state index contributed by atoms with van der Waals surface area (Å²) in [6.45, 7) is 3.79. The van der Waals surface area contributed by atoms with E-state index in [0.29, 0.717) is 23.0 Å². The van der Waals surface area contributed by atoms with Crippen LogP contribution in [0.4, 0.5) is 4.79 Å².